The summed E-state index contributed by atoms with van der Waals surface area (Å²) in [6.07, 6.45) is 4.68. The number of aliphatic hydroxyl groups excluding tert-OH is 1. The van der Waals surface area contributed by atoms with E-state index in [0.29, 0.717) is 53.2 Å². The maximum absolute atomic E-state index is 12.6. The Morgan fingerprint density at radius 2 is 2.03 bits per heavy atom. The van der Waals surface area contributed by atoms with Crippen LogP contribution >= 0.6 is 23.2 Å². The Morgan fingerprint density at radius 1 is 1.22 bits per heavy atom. The zero-order valence-electron chi connectivity index (χ0n) is 17.3. The number of benzene rings is 1. The second kappa shape index (κ2) is 9.68. The third-order valence-electron chi connectivity index (χ3n) is 5.12. The summed E-state index contributed by atoms with van der Waals surface area (Å²) in [4.78, 5) is 18.8. The molecule has 0 aliphatic carbocycles. The molecular formula is C22H21Cl2N5O3. The van der Waals surface area contributed by atoms with Crippen molar-refractivity contribution < 1.29 is 14.3 Å². The van der Waals surface area contributed by atoms with Gasteiger partial charge >= 0.3 is 6.03 Å². The number of nitrogens with zero attached hydrogens (tertiary/aromatic N) is 4. The van der Waals surface area contributed by atoms with Crippen LogP contribution in [0, 0.1) is 6.92 Å². The second-order valence-corrected chi connectivity index (χ2v) is 8.23. The fraction of sp³-hybridized carbons (Fsp3) is 0.273. The van der Waals surface area contributed by atoms with Crippen LogP contribution in [0.4, 0.5) is 10.5 Å². The Kier molecular flexibility index (Phi) is 6.74. The average molecular weight is 474 g/mol. The summed E-state index contributed by atoms with van der Waals surface area (Å²) in [5.74, 6) is 0.551. The van der Waals surface area contributed by atoms with Gasteiger partial charge in [0.1, 0.15) is 6.61 Å². The highest BCUT2D eigenvalue weighted by atomic mass is 35.5. The monoisotopic (exact) mass is 473 g/mol. The Hall–Kier alpha value is -2.94. The van der Waals surface area contributed by atoms with E-state index >= 15 is 0 Å². The zero-order valence-corrected chi connectivity index (χ0v) is 18.8. The molecule has 2 amide bonds. The largest absolute Gasteiger partial charge is 0.422 e. The lowest BCUT2D eigenvalue weighted by Crippen LogP contribution is -2.38. The Labute approximate surface area is 194 Å². The smallest absolute Gasteiger partial charge is 0.322 e. The molecular weight excluding hydrogens is 453 g/mol. The lowest BCUT2D eigenvalue weighted by atomic mass is 10.0. The topological polar surface area (TPSA) is 104 Å². The summed E-state index contributed by atoms with van der Waals surface area (Å²) in [6, 6.07) is 7.07. The molecule has 0 spiro atoms. The van der Waals surface area contributed by atoms with Crippen molar-refractivity contribution in [3.63, 3.8) is 0 Å². The molecule has 8 nitrogen and oxygen atoms in total. The third kappa shape index (κ3) is 5.09. The number of halogens is 2. The fourth-order valence-electron chi connectivity index (χ4n) is 3.35. The molecule has 166 valence electrons. The highest BCUT2D eigenvalue weighted by molar-refractivity contribution is 6.32. The van der Waals surface area contributed by atoms with Crippen molar-refractivity contribution in [1.82, 2.24) is 20.1 Å². The van der Waals surface area contributed by atoms with Gasteiger partial charge in [0, 0.05) is 30.0 Å². The van der Waals surface area contributed by atoms with Crippen LogP contribution in [-0.2, 0) is 13.0 Å². The number of carbonyl (C=O) groups is 1. The van der Waals surface area contributed by atoms with Gasteiger partial charge in [0.25, 0.3) is 0 Å². The van der Waals surface area contributed by atoms with Gasteiger partial charge in [-0.15, -0.1) is 10.2 Å². The van der Waals surface area contributed by atoms with Gasteiger partial charge in [-0.25, -0.2) is 4.79 Å². The van der Waals surface area contributed by atoms with Gasteiger partial charge in [-0.2, -0.15) is 0 Å². The molecule has 0 saturated heterocycles. The van der Waals surface area contributed by atoms with Crippen LogP contribution in [0.3, 0.4) is 0 Å². The summed E-state index contributed by atoms with van der Waals surface area (Å²) in [7, 11) is 0. The van der Waals surface area contributed by atoms with E-state index < -0.39 is 0 Å². The van der Waals surface area contributed by atoms with E-state index in [1.165, 1.54) is 0 Å². The van der Waals surface area contributed by atoms with Gasteiger partial charge in [-0.1, -0.05) is 35.3 Å². The molecule has 1 aliphatic rings. The number of hydrogen-bond acceptors (Lipinski definition) is 6. The Morgan fingerprint density at radius 3 is 2.69 bits per heavy atom. The first-order valence-electron chi connectivity index (χ1n) is 10.0. The predicted octanol–water partition coefficient (Wildman–Crippen LogP) is 4.48. The fourth-order valence-corrected chi connectivity index (χ4v) is 3.84. The minimum atomic E-state index is -0.299. The molecule has 1 aliphatic heterocycles. The third-order valence-corrected chi connectivity index (χ3v) is 5.82. The predicted molar refractivity (Wildman–Crippen MR) is 122 cm³/mol. The average Bonchev–Trinajstić information content (AvgIpc) is 3.24. The molecule has 0 saturated carbocycles. The summed E-state index contributed by atoms with van der Waals surface area (Å²) in [5.41, 5.74) is 4.12. The molecule has 0 fully saturated rings. The van der Waals surface area contributed by atoms with Crippen LogP contribution in [0.25, 0.3) is 5.57 Å². The molecule has 0 radical (unpaired) electrons. The van der Waals surface area contributed by atoms with Gasteiger partial charge in [0.15, 0.2) is 0 Å². The number of aliphatic hydroxyl groups is 1. The summed E-state index contributed by atoms with van der Waals surface area (Å²) >= 11 is 12.6. The minimum absolute atomic E-state index is 0.169. The number of nitrogens with one attached hydrogen (secondary N) is 1. The van der Waals surface area contributed by atoms with Gasteiger partial charge in [0.2, 0.25) is 11.8 Å². The minimum Gasteiger partial charge on any atom is -0.422 e. The van der Waals surface area contributed by atoms with Crippen LogP contribution in [0.2, 0.25) is 10.0 Å². The van der Waals surface area contributed by atoms with Crippen molar-refractivity contribution in [2.75, 3.05) is 18.4 Å². The highest BCUT2D eigenvalue weighted by Gasteiger charge is 2.20. The number of urea groups is 1. The summed E-state index contributed by atoms with van der Waals surface area (Å²) < 4.78 is 5.31. The normalized spacial score (nSPS) is 13.8. The SMILES string of the molecule is Cc1ccc(NC(=O)N2CC=C(c3ncc(Cc4nnc(CO)o4)cc3Cl)CC2)cc1Cl. The van der Waals surface area contributed by atoms with Crippen LogP contribution in [0.5, 0.6) is 0 Å². The lowest BCUT2D eigenvalue weighted by molar-refractivity contribution is 0.217. The van der Waals surface area contributed by atoms with Crippen molar-refractivity contribution in [2.24, 2.45) is 0 Å². The molecule has 4 rings (SSSR count). The van der Waals surface area contributed by atoms with Crippen molar-refractivity contribution in [1.29, 1.82) is 0 Å². The number of carbonyl (C=O) groups excluding carboxylic acids is 1. The number of pyridine rings is 1. The van der Waals surface area contributed by atoms with Crippen LogP contribution in [0.15, 0.2) is 41.0 Å². The van der Waals surface area contributed by atoms with Crippen LogP contribution < -0.4 is 5.32 Å². The quantitative estimate of drug-likeness (QED) is 0.565. The number of rotatable bonds is 5. The number of anilines is 1. The van der Waals surface area contributed by atoms with Crippen molar-refractivity contribution in [3.05, 3.63) is 75.2 Å². The van der Waals surface area contributed by atoms with Crippen LogP contribution in [-0.4, -0.2) is 44.3 Å². The van der Waals surface area contributed by atoms with E-state index in [-0.39, 0.29) is 18.5 Å². The molecule has 0 atom stereocenters. The van der Waals surface area contributed by atoms with E-state index in [1.807, 2.05) is 31.2 Å². The van der Waals surface area contributed by atoms with Gasteiger partial charge < -0.3 is 19.7 Å². The first-order valence-corrected chi connectivity index (χ1v) is 10.8. The molecule has 1 aromatic carbocycles. The van der Waals surface area contributed by atoms with E-state index in [4.69, 9.17) is 32.7 Å². The second-order valence-electron chi connectivity index (χ2n) is 7.42. The lowest BCUT2D eigenvalue weighted by Gasteiger charge is -2.27. The first-order chi connectivity index (χ1) is 15.4. The Balaban J connectivity index is 1.39. The number of hydrogen-bond donors (Lipinski definition) is 2. The maximum atomic E-state index is 12.6. The van der Waals surface area contributed by atoms with Gasteiger partial charge in [-0.3, -0.25) is 4.98 Å². The number of aryl methyl sites for hydroxylation is 1. The number of aromatic nitrogens is 3. The molecule has 2 aromatic heterocycles. The van der Waals surface area contributed by atoms with Crippen molar-refractivity contribution in [2.45, 2.75) is 26.4 Å². The van der Waals surface area contributed by atoms with Crippen LogP contribution in [0.1, 0.15) is 35.0 Å². The van der Waals surface area contributed by atoms with E-state index in [1.54, 1.807) is 17.2 Å². The molecule has 32 heavy (non-hydrogen) atoms. The molecule has 3 aromatic rings. The molecule has 10 heteroatoms. The highest BCUT2D eigenvalue weighted by Crippen LogP contribution is 2.28. The van der Waals surface area contributed by atoms with E-state index in [2.05, 4.69) is 20.5 Å². The molecule has 3 heterocycles. The van der Waals surface area contributed by atoms with E-state index in [9.17, 15) is 4.79 Å². The van der Waals surface area contributed by atoms with E-state index in [0.717, 1.165) is 16.7 Å². The van der Waals surface area contributed by atoms with Crippen molar-refractivity contribution in [3.8, 4) is 0 Å². The zero-order chi connectivity index (χ0) is 22.7. The maximum Gasteiger partial charge on any atom is 0.322 e. The first kappa shape index (κ1) is 22.3. The van der Waals surface area contributed by atoms with Gasteiger partial charge in [-0.05, 0) is 48.2 Å². The summed E-state index contributed by atoms with van der Waals surface area (Å²) in [5, 5.41) is 20.6. The Bertz CT molecular complexity index is 1180. The van der Waals surface area contributed by atoms with Crippen molar-refractivity contribution >= 4 is 40.5 Å². The molecule has 0 bridgehead atoms. The molecule has 2 N–H and O–H groups in total. The summed E-state index contributed by atoms with van der Waals surface area (Å²) in [6.45, 7) is 2.61. The van der Waals surface area contributed by atoms with Gasteiger partial charge in [0.05, 0.1) is 17.1 Å². The molecule has 0 unspecified atom stereocenters. The number of amides is 2. The standard InChI is InChI=1S/C22H21Cl2N5O3/c1-13-2-3-16(10-17(13)23)26-22(31)29-6-4-15(5-7-29)21-18(24)8-14(11-25-21)9-19-27-28-20(12-30)32-19/h2-4,8,10-11,30H,5-7,9,12H2,1H3,(H,26,31).